The molecule has 1 aromatic rings. The summed E-state index contributed by atoms with van der Waals surface area (Å²) in [5.74, 6) is 0. The molecule has 0 aliphatic heterocycles. The van der Waals surface area contributed by atoms with E-state index in [1.165, 1.54) is 19.2 Å². The third-order valence-electron chi connectivity index (χ3n) is 2.24. The topological polar surface area (TPSA) is 70.3 Å². The molecule has 19 heavy (non-hydrogen) atoms. The van der Waals surface area contributed by atoms with Gasteiger partial charge in [0.25, 0.3) is 5.56 Å². The van der Waals surface area contributed by atoms with Gasteiger partial charge in [-0.3, -0.25) is 9.36 Å². The van der Waals surface area contributed by atoms with Crippen LogP contribution in [-0.2, 0) is 11.3 Å². The third-order valence-corrected chi connectivity index (χ3v) is 2.24. The summed E-state index contributed by atoms with van der Waals surface area (Å²) in [7, 11) is 0. The molecule has 1 heterocycles. The number of hydrogen-bond donors (Lipinski definition) is 0. The van der Waals surface area contributed by atoms with Crippen LogP contribution in [0, 0.1) is 6.92 Å². The van der Waals surface area contributed by atoms with Crippen molar-refractivity contribution in [2.45, 2.75) is 39.8 Å². The molecule has 0 aliphatic rings. The van der Waals surface area contributed by atoms with E-state index in [9.17, 15) is 14.4 Å². The molecule has 0 spiro atoms. The first-order valence-electron chi connectivity index (χ1n) is 5.84. The van der Waals surface area contributed by atoms with Crippen LogP contribution in [0.4, 0.5) is 4.79 Å². The van der Waals surface area contributed by atoms with Gasteiger partial charge < -0.3 is 4.74 Å². The Morgan fingerprint density at radius 2 is 2.00 bits per heavy atom. The average Bonchev–Trinajstić information content (AvgIpc) is 2.27. The Bertz CT molecular complexity index is 617. The smallest absolute Gasteiger partial charge is 0.422 e. The fourth-order valence-corrected chi connectivity index (χ4v) is 1.47. The number of hydrogen-bond acceptors (Lipinski definition) is 4. The summed E-state index contributed by atoms with van der Waals surface area (Å²) in [6, 6.07) is 0. The summed E-state index contributed by atoms with van der Waals surface area (Å²) in [5, 5.41) is 0. The number of carbonyl (C=O) groups excluding carboxylic acids is 1. The monoisotopic (exact) mass is 266 g/mol. The summed E-state index contributed by atoms with van der Waals surface area (Å²) < 4.78 is 6.85. The third kappa shape index (κ3) is 3.43. The van der Waals surface area contributed by atoms with E-state index in [0.717, 1.165) is 9.13 Å². The highest BCUT2D eigenvalue weighted by molar-refractivity contribution is 5.70. The van der Waals surface area contributed by atoms with Crippen LogP contribution in [0.5, 0.6) is 0 Å². The van der Waals surface area contributed by atoms with E-state index in [1.54, 1.807) is 20.8 Å². The molecule has 6 heteroatoms. The van der Waals surface area contributed by atoms with E-state index in [4.69, 9.17) is 4.74 Å². The fraction of sp³-hybridized carbons (Fsp3) is 0.462. The van der Waals surface area contributed by atoms with E-state index in [2.05, 4.69) is 6.58 Å². The molecule has 0 aliphatic carbocycles. The standard InChI is InChI=1S/C13H18N2O4/c1-6-7-14-10(16)9(2)8-15(11(14)17)12(18)19-13(3,4)5/h6,8H,1,7H2,2-5H3. The maximum absolute atomic E-state index is 12.0. The second-order valence-electron chi connectivity index (χ2n) is 5.15. The molecule has 6 nitrogen and oxygen atoms in total. The molecule has 0 amide bonds. The summed E-state index contributed by atoms with van der Waals surface area (Å²) in [6.07, 6.45) is 1.80. The van der Waals surface area contributed by atoms with Gasteiger partial charge in [-0.2, -0.15) is 0 Å². The molecule has 0 radical (unpaired) electrons. The molecule has 1 aromatic heterocycles. The van der Waals surface area contributed by atoms with E-state index >= 15 is 0 Å². The Morgan fingerprint density at radius 1 is 1.42 bits per heavy atom. The van der Waals surface area contributed by atoms with Gasteiger partial charge in [-0.05, 0) is 27.7 Å². The predicted molar refractivity (Wildman–Crippen MR) is 71.5 cm³/mol. The summed E-state index contributed by atoms with van der Waals surface area (Å²) in [4.78, 5) is 35.7. The van der Waals surface area contributed by atoms with Crippen molar-refractivity contribution in [3.8, 4) is 0 Å². The minimum atomic E-state index is -0.807. The number of ether oxygens (including phenoxy) is 1. The Balaban J connectivity index is 3.38. The summed E-state index contributed by atoms with van der Waals surface area (Å²) in [6.45, 7) is 10.1. The summed E-state index contributed by atoms with van der Waals surface area (Å²) >= 11 is 0. The van der Waals surface area contributed by atoms with Crippen molar-refractivity contribution in [3.63, 3.8) is 0 Å². The van der Waals surface area contributed by atoms with Crippen molar-refractivity contribution in [1.29, 1.82) is 0 Å². The minimum absolute atomic E-state index is 0.0438. The molecule has 0 atom stereocenters. The van der Waals surface area contributed by atoms with Crippen molar-refractivity contribution >= 4 is 6.09 Å². The van der Waals surface area contributed by atoms with Gasteiger partial charge in [0.05, 0.1) is 0 Å². The van der Waals surface area contributed by atoms with E-state index in [0.29, 0.717) is 0 Å². The van der Waals surface area contributed by atoms with Gasteiger partial charge in [0.15, 0.2) is 0 Å². The predicted octanol–water partition coefficient (Wildman–Crippen LogP) is 1.29. The molecular weight excluding hydrogens is 248 g/mol. The van der Waals surface area contributed by atoms with Gasteiger partial charge in [0.2, 0.25) is 0 Å². The lowest BCUT2D eigenvalue weighted by molar-refractivity contribution is 0.0525. The fourth-order valence-electron chi connectivity index (χ4n) is 1.47. The lowest BCUT2D eigenvalue weighted by atomic mass is 10.2. The SMILES string of the molecule is C=CCn1c(=O)c(C)cn(C(=O)OC(C)(C)C)c1=O. The van der Waals surface area contributed by atoms with Crippen LogP contribution in [-0.4, -0.2) is 20.8 Å². The molecule has 0 bridgehead atoms. The second kappa shape index (κ2) is 5.26. The average molecular weight is 266 g/mol. The highest BCUT2D eigenvalue weighted by atomic mass is 16.6. The largest absolute Gasteiger partial charge is 0.443 e. The zero-order chi connectivity index (χ0) is 14.8. The van der Waals surface area contributed by atoms with Crippen molar-refractivity contribution in [1.82, 2.24) is 9.13 Å². The zero-order valence-corrected chi connectivity index (χ0v) is 11.6. The quantitative estimate of drug-likeness (QED) is 0.756. The van der Waals surface area contributed by atoms with Crippen LogP contribution in [0.25, 0.3) is 0 Å². The summed E-state index contributed by atoms with van der Waals surface area (Å²) in [5.41, 5.74) is -1.61. The van der Waals surface area contributed by atoms with Crippen molar-refractivity contribution in [3.05, 3.63) is 45.3 Å². The molecule has 104 valence electrons. The van der Waals surface area contributed by atoms with Crippen LogP contribution >= 0.6 is 0 Å². The van der Waals surface area contributed by atoms with Crippen LogP contribution in [0.2, 0.25) is 0 Å². The van der Waals surface area contributed by atoms with Crippen LogP contribution in [0.3, 0.4) is 0 Å². The van der Waals surface area contributed by atoms with Gasteiger partial charge in [0.1, 0.15) is 5.60 Å². The van der Waals surface area contributed by atoms with Gasteiger partial charge >= 0.3 is 11.8 Å². The first kappa shape index (κ1) is 14.9. The lowest BCUT2D eigenvalue weighted by Crippen LogP contribution is -2.44. The van der Waals surface area contributed by atoms with Gasteiger partial charge in [-0.25, -0.2) is 14.2 Å². The normalized spacial score (nSPS) is 11.2. The number of rotatable bonds is 2. The Labute approximate surface area is 110 Å². The second-order valence-corrected chi connectivity index (χ2v) is 5.15. The highest BCUT2D eigenvalue weighted by Gasteiger charge is 2.20. The van der Waals surface area contributed by atoms with Gasteiger partial charge in [0, 0.05) is 18.3 Å². The molecule has 0 saturated heterocycles. The lowest BCUT2D eigenvalue weighted by Gasteiger charge is -2.20. The first-order valence-corrected chi connectivity index (χ1v) is 5.84. The van der Waals surface area contributed by atoms with E-state index < -0.39 is 22.9 Å². The molecule has 0 fully saturated rings. The Hall–Kier alpha value is -2.11. The highest BCUT2D eigenvalue weighted by Crippen LogP contribution is 2.07. The molecule has 0 N–H and O–H groups in total. The van der Waals surface area contributed by atoms with Gasteiger partial charge in [-0.1, -0.05) is 6.08 Å². The zero-order valence-electron chi connectivity index (χ0n) is 11.6. The van der Waals surface area contributed by atoms with Crippen molar-refractivity contribution < 1.29 is 9.53 Å². The molecule has 1 rings (SSSR count). The number of aromatic nitrogens is 2. The van der Waals surface area contributed by atoms with Crippen molar-refractivity contribution in [2.75, 3.05) is 0 Å². The maximum Gasteiger partial charge on any atom is 0.422 e. The molecule has 0 unspecified atom stereocenters. The molecule has 0 aromatic carbocycles. The first-order chi connectivity index (χ1) is 8.67. The number of aryl methyl sites for hydroxylation is 1. The molecular formula is C13H18N2O4. The molecule has 0 saturated carbocycles. The maximum atomic E-state index is 12.0. The number of carbonyl (C=O) groups is 1. The van der Waals surface area contributed by atoms with Crippen LogP contribution in [0.15, 0.2) is 28.4 Å². The van der Waals surface area contributed by atoms with Gasteiger partial charge in [-0.15, -0.1) is 6.58 Å². The number of nitrogens with zero attached hydrogens (tertiary/aromatic N) is 2. The Kier molecular flexibility index (Phi) is 4.14. The minimum Gasteiger partial charge on any atom is -0.443 e. The van der Waals surface area contributed by atoms with Crippen LogP contribution < -0.4 is 11.2 Å². The van der Waals surface area contributed by atoms with E-state index in [-0.39, 0.29) is 12.1 Å². The number of allylic oxidation sites excluding steroid dienone is 1. The van der Waals surface area contributed by atoms with E-state index in [1.807, 2.05) is 0 Å². The Morgan fingerprint density at radius 3 is 2.47 bits per heavy atom. The van der Waals surface area contributed by atoms with Crippen molar-refractivity contribution in [2.24, 2.45) is 0 Å². The van der Waals surface area contributed by atoms with Crippen LogP contribution in [0.1, 0.15) is 26.3 Å².